The second kappa shape index (κ2) is 10.5. The number of ether oxygens (including phenoxy) is 1. The number of amides is 1. The summed E-state index contributed by atoms with van der Waals surface area (Å²) in [7, 11) is 1.37. The van der Waals surface area contributed by atoms with E-state index < -0.39 is 17.1 Å². The number of anilines is 1. The number of benzene rings is 1. The lowest BCUT2D eigenvalue weighted by Crippen LogP contribution is -2.31. The summed E-state index contributed by atoms with van der Waals surface area (Å²) in [5.74, 6) is -0.0307. The fourth-order valence-electron chi connectivity index (χ4n) is 3.69. The van der Waals surface area contributed by atoms with Crippen LogP contribution in [0.3, 0.4) is 0 Å². The topological polar surface area (TPSA) is 111 Å². The number of H-pyrrole nitrogens is 1. The fraction of sp³-hybridized carbons (Fsp3) is 0.478. The van der Waals surface area contributed by atoms with E-state index in [0.717, 1.165) is 12.8 Å². The van der Waals surface area contributed by atoms with Crippen LogP contribution in [0.15, 0.2) is 27.8 Å². The Morgan fingerprint density at radius 1 is 1.27 bits per heavy atom. The Morgan fingerprint density at radius 3 is 2.67 bits per heavy atom. The number of aromatic amines is 1. The summed E-state index contributed by atoms with van der Waals surface area (Å²) in [6.45, 7) is 7.02. The lowest BCUT2D eigenvalue weighted by atomic mass is 10.2. The average molecular weight is 460 g/mol. The normalized spacial score (nSPS) is 11.3. The molecule has 0 unspecified atom stereocenters. The van der Waals surface area contributed by atoms with Gasteiger partial charge in [-0.15, -0.1) is 0 Å². The maximum absolute atomic E-state index is 13.9. The van der Waals surface area contributed by atoms with Gasteiger partial charge in [0.2, 0.25) is 5.91 Å². The Balaban J connectivity index is 1.89. The third-order valence-corrected chi connectivity index (χ3v) is 5.26. The van der Waals surface area contributed by atoms with Crippen LogP contribution in [0.25, 0.3) is 11.2 Å². The van der Waals surface area contributed by atoms with Gasteiger partial charge in [0.1, 0.15) is 5.82 Å². The quantitative estimate of drug-likeness (QED) is 0.484. The van der Waals surface area contributed by atoms with Gasteiger partial charge in [0, 0.05) is 37.7 Å². The van der Waals surface area contributed by atoms with Gasteiger partial charge in [-0.3, -0.25) is 19.1 Å². The van der Waals surface area contributed by atoms with Crippen LogP contribution in [-0.2, 0) is 24.3 Å². The van der Waals surface area contributed by atoms with E-state index in [9.17, 15) is 18.8 Å². The van der Waals surface area contributed by atoms with Crippen LogP contribution < -0.4 is 21.3 Å². The number of aromatic nitrogens is 4. The van der Waals surface area contributed by atoms with Gasteiger partial charge in [0.05, 0.1) is 7.11 Å². The molecular weight excluding hydrogens is 429 g/mol. The summed E-state index contributed by atoms with van der Waals surface area (Å²) in [6.07, 6.45) is 1.99. The van der Waals surface area contributed by atoms with E-state index in [-0.39, 0.29) is 30.4 Å². The van der Waals surface area contributed by atoms with Gasteiger partial charge in [-0.2, -0.15) is 0 Å². The molecule has 0 bridgehead atoms. The summed E-state index contributed by atoms with van der Waals surface area (Å²) in [5, 5.41) is 2.66. The molecular formula is C23H30FN5O4. The first-order valence-electron chi connectivity index (χ1n) is 11.1. The molecule has 3 aromatic rings. The molecule has 0 aliphatic rings. The molecule has 1 aromatic carbocycles. The third-order valence-electron chi connectivity index (χ3n) is 5.26. The second-order valence-corrected chi connectivity index (χ2v) is 8.37. The minimum Gasteiger partial charge on any atom is -0.494 e. The zero-order valence-corrected chi connectivity index (χ0v) is 19.4. The zero-order valence-electron chi connectivity index (χ0n) is 19.4. The zero-order chi connectivity index (χ0) is 24.1. The largest absolute Gasteiger partial charge is 0.494 e. The number of fused-ring (bicyclic) bond motifs is 1. The second-order valence-electron chi connectivity index (χ2n) is 8.37. The van der Waals surface area contributed by atoms with Crippen molar-refractivity contribution in [3.63, 3.8) is 0 Å². The Kier molecular flexibility index (Phi) is 7.67. The van der Waals surface area contributed by atoms with Crippen molar-refractivity contribution in [1.82, 2.24) is 19.1 Å². The van der Waals surface area contributed by atoms with Crippen LogP contribution in [-0.4, -0.2) is 32.1 Å². The van der Waals surface area contributed by atoms with E-state index in [1.165, 1.54) is 23.8 Å². The van der Waals surface area contributed by atoms with Crippen LogP contribution in [0, 0.1) is 11.7 Å². The first-order chi connectivity index (χ1) is 15.7. The number of nitrogens with zero attached hydrogens (tertiary/aromatic N) is 3. The van der Waals surface area contributed by atoms with Gasteiger partial charge in [-0.1, -0.05) is 27.2 Å². The van der Waals surface area contributed by atoms with Crippen molar-refractivity contribution in [3.8, 4) is 5.75 Å². The molecule has 2 heterocycles. The Bertz CT molecular complexity index is 1260. The molecule has 9 nitrogen and oxygen atoms in total. The summed E-state index contributed by atoms with van der Waals surface area (Å²) >= 11 is 0. The van der Waals surface area contributed by atoms with Crippen molar-refractivity contribution in [2.45, 2.75) is 59.5 Å². The Labute approximate surface area is 190 Å². The van der Waals surface area contributed by atoms with Crippen LogP contribution >= 0.6 is 0 Å². The molecule has 1 amide bonds. The first kappa shape index (κ1) is 24.2. The smallest absolute Gasteiger partial charge is 0.330 e. The van der Waals surface area contributed by atoms with Gasteiger partial charge in [-0.05, 0) is 24.5 Å². The van der Waals surface area contributed by atoms with Crippen LogP contribution in [0.5, 0.6) is 5.75 Å². The molecule has 10 heteroatoms. The van der Waals surface area contributed by atoms with E-state index in [4.69, 9.17) is 4.74 Å². The molecule has 3 rings (SSSR count). The molecule has 0 radical (unpaired) electrons. The highest BCUT2D eigenvalue weighted by atomic mass is 19.1. The van der Waals surface area contributed by atoms with Gasteiger partial charge in [-0.25, -0.2) is 14.2 Å². The number of hydrogen-bond donors (Lipinski definition) is 2. The van der Waals surface area contributed by atoms with Crippen molar-refractivity contribution in [2.75, 3.05) is 12.4 Å². The van der Waals surface area contributed by atoms with Crippen molar-refractivity contribution in [1.29, 1.82) is 0 Å². The van der Waals surface area contributed by atoms with Gasteiger partial charge < -0.3 is 14.6 Å². The lowest BCUT2D eigenvalue weighted by Gasteiger charge is -2.12. The van der Waals surface area contributed by atoms with Crippen LogP contribution in [0.2, 0.25) is 0 Å². The minimum atomic E-state index is -0.571. The van der Waals surface area contributed by atoms with Gasteiger partial charge in [0.25, 0.3) is 5.56 Å². The van der Waals surface area contributed by atoms with Crippen LogP contribution in [0.1, 0.15) is 45.9 Å². The molecule has 0 aliphatic heterocycles. The van der Waals surface area contributed by atoms with E-state index in [1.807, 2.05) is 20.8 Å². The minimum absolute atomic E-state index is 0.0756. The number of hydrogen-bond acceptors (Lipinski definition) is 5. The molecule has 0 aliphatic carbocycles. The molecule has 0 atom stereocenters. The Hall–Kier alpha value is -3.43. The molecule has 0 saturated carbocycles. The van der Waals surface area contributed by atoms with Crippen molar-refractivity contribution in [2.24, 2.45) is 5.92 Å². The number of nitrogens with one attached hydrogen (secondary N) is 2. The number of carbonyl (C=O) groups excluding carboxylic acids is 1. The maximum Gasteiger partial charge on any atom is 0.330 e. The van der Waals surface area contributed by atoms with Crippen molar-refractivity contribution >= 4 is 22.8 Å². The molecule has 0 spiro atoms. The first-order valence-corrected chi connectivity index (χ1v) is 11.1. The SMILES string of the molecule is CCCCn1c(=O)[nH]c(=O)c2c1nc(CCC(=O)Nc1ccc(OC)c(F)c1)n2CC(C)C. The number of rotatable bonds is 10. The summed E-state index contributed by atoms with van der Waals surface area (Å²) in [6, 6.07) is 4.19. The highest BCUT2D eigenvalue weighted by Crippen LogP contribution is 2.21. The van der Waals surface area contributed by atoms with Crippen LogP contribution in [0.4, 0.5) is 10.1 Å². The predicted octanol–water partition coefficient (Wildman–Crippen LogP) is 3.06. The standard InChI is InChI=1S/C23H30FN5O4/c1-5-6-11-28-21-20(22(31)27-23(28)32)29(13-14(2)3)18(26-21)9-10-19(30)25-15-7-8-17(33-4)16(24)12-15/h7-8,12,14H,5-6,9-11,13H2,1-4H3,(H,25,30)(H,27,31,32). The number of methoxy groups -OCH3 is 1. The van der Waals surface area contributed by atoms with Gasteiger partial charge >= 0.3 is 5.69 Å². The molecule has 2 aromatic heterocycles. The Morgan fingerprint density at radius 2 is 2.03 bits per heavy atom. The fourth-order valence-corrected chi connectivity index (χ4v) is 3.69. The average Bonchev–Trinajstić information content (AvgIpc) is 3.10. The van der Waals surface area contributed by atoms with Gasteiger partial charge in [0.15, 0.2) is 22.7 Å². The maximum atomic E-state index is 13.9. The monoisotopic (exact) mass is 459 g/mol. The predicted molar refractivity (Wildman–Crippen MR) is 124 cm³/mol. The number of aryl methyl sites for hydroxylation is 2. The molecule has 33 heavy (non-hydrogen) atoms. The van der Waals surface area contributed by atoms with Crippen molar-refractivity contribution < 1.29 is 13.9 Å². The summed E-state index contributed by atoms with van der Waals surface area (Å²) in [5.41, 5.74) is 0.0256. The number of unbranched alkanes of at least 4 members (excludes halogenated alkanes) is 1. The van der Waals surface area contributed by atoms with E-state index in [1.54, 1.807) is 10.6 Å². The van der Waals surface area contributed by atoms with E-state index >= 15 is 0 Å². The third kappa shape index (κ3) is 5.50. The molecule has 178 valence electrons. The molecule has 0 fully saturated rings. The lowest BCUT2D eigenvalue weighted by molar-refractivity contribution is -0.116. The summed E-state index contributed by atoms with van der Waals surface area (Å²) < 4.78 is 22.1. The molecule has 2 N–H and O–H groups in total. The number of imidazole rings is 1. The molecule has 0 saturated heterocycles. The highest BCUT2D eigenvalue weighted by Gasteiger charge is 2.20. The van der Waals surface area contributed by atoms with E-state index in [0.29, 0.717) is 35.8 Å². The van der Waals surface area contributed by atoms with E-state index in [2.05, 4.69) is 15.3 Å². The number of carbonyl (C=O) groups is 1. The van der Waals surface area contributed by atoms with Crippen molar-refractivity contribution in [3.05, 3.63) is 50.7 Å². The number of halogens is 1. The highest BCUT2D eigenvalue weighted by molar-refractivity contribution is 5.90. The summed E-state index contributed by atoms with van der Waals surface area (Å²) in [4.78, 5) is 44.6.